The van der Waals surface area contributed by atoms with E-state index in [0.29, 0.717) is 0 Å². The topological polar surface area (TPSA) is 0 Å². The Kier molecular flexibility index (Phi) is 9.28. The fourth-order valence-electron chi connectivity index (χ4n) is 6.34. The maximum Gasteiger partial charge on any atom is -0.147 e. The Morgan fingerprint density at radius 3 is 1.14 bits per heavy atom. The quantitative estimate of drug-likeness (QED) is 0.283. The third-order valence-corrected chi connectivity index (χ3v) is 47.4. The van der Waals surface area contributed by atoms with E-state index in [0.717, 1.165) is 12.8 Å². The molecule has 0 bridgehead atoms. The molecule has 2 aliphatic carbocycles. The SMILES string of the molecule is CC1=[C]([Hf](=[SiH2])([C]2=C(C)C=C(C(C)(C)C)C2)([c]2ccccc2)[c]2ccccc2)CC(C(C)(C)C)=C1.Cl.Cl. The molecule has 4 rings (SSSR count). The van der Waals surface area contributed by atoms with Crippen LogP contribution >= 0.6 is 24.8 Å². The summed E-state index contributed by atoms with van der Waals surface area (Å²) < 4.78 is 6.71. The normalized spacial score (nSPS) is 16.9. The zero-order valence-electron chi connectivity index (χ0n) is 23.4. The van der Waals surface area contributed by atoms with Crippen molar-refractivity contribution in [3.8, 4) is 0 Å². The smallest absolute Gasteiger partial charge is 0.147 e. The van der Waals surface area contributed by atoms with Crippen molar-refractivity contribution in [2.45, 2.75) is 68.2 Å². The van der Waals surface area contributed by atoms with E-state index in [1.165, 1.54) is 11.1 Å². The van der Waals surface area contributed by atoms with Crippen molar-refractivity contribution in [2.24, 2.45) is 10.8 Å². The summed E-state index contributed by atoms with van der Waals surface area (Å²) in [5, 5.41) is 0. The summed E-state index contributed by atoms with van der Waals surface area (Å²) in [5.74, 6) is 0. The van der Waals surface area contributed by atoms with Gasteiger partial charge in [0.05, 0.1) is 0 Å². The number of hydrogen-bond acceptors (Lipinski definition) is 0. The van der Waals surface area contributed by atoms with E-state index in [-0.39, 0.29) is 35.6 Å². The van der Waals surface area contributed by atoms with Gasteiger partial charge in [-0.15, -0.1) is 24.8 Å². The Bertz CT molecular complexity index is 1210. The first-order chi connectivity index (χ1) is 15.8. The molecule has 0 spiro atoms. The Hall–Kier alpha value is -0.933. The molecular weight excluding hydrogens is 662 g/mol. The first-order valence-electron chi connectivity index (χ1n) is 12.7. The fourth-order valence-corrected chi connectivity index (χ4v) is 41.9. The van der Waals surface area contributed by atoms with Gasteiger partial charge < -0.3 is 0 Å². The summed E-state index contributed by atoms with van der Waals surface area (Å²) in [4.78, 5) is 0. The molecule has 0 aliphatic heterocycles. The van der Waals surface area contributed by atoms with Crippen molar-refractivity contribution in [3.63, 3.8) is 0 Å². The Morgan fingerprint density at radius 2 is 0.889 bits per heavy atom. The minimum Gasteiger partial charge on any atom is -0.147 e. The number of hydrogen-bond donors (Lipinski definition) is 0. The molecule has 2 aromatic carbocycles. The first kappa shape index (κ1) is 31.3. The molecule has 0 fully saturated rings. The van der Waals surface area contributed by atoms with Crippen LogP contribution in [-0.4, -0.2) is 6.94 Å². The standard InChI is InChI=1S/2C10H15.2C6H5.2ClH.Hf.H2Si/c2*1-8-5-6-9(7-8)10(2,3)4;2*1-2-4-6-5-3-1;;;;/h2*7H,6H2,1-4H3;2*1-5H;2*1H;;1H2. The van der Waals surface area contributed by atoms with Gasteiger partial charge in [-0.25, -0.2) is 0 Å². The van der Waals surface area contributed by atoms with E-state index < -0.39 is 17.1 Å². The molecule has 0 aromatic heterocycles. The summed E-state index contributed by atoms with van der Waals surface area (Å²) in [6.07, 6.45) is 7.29. The molecule has 2 aromatic rings. The van der Waals surface area contributed by atoms with Crippen molar-refractivity contribution < 1.29 is 17.1 Å². The van der Waals surface area contributed by atoms with Gasteiger partial charge in [-0.3, -0.25) is 0 Å². The Morgan fingerprint density at radius 1 is 0.583 bits per heavy atom. The van der Waals surface area contributed by atoms with E-state index in [9.17, 15) is 0 Å². The molecule has 0 saturated carbocycles. The van der Waals surface area contributed by atoms with Gasteiger partial charge >= 0.3 is 212 Å². The van der Waals surface area contributed by atoms with Crippen molar-refractivity contribution in [2.75, 3.05) is 0 Å². The molecule has 0 N–H and O–H groups in total. The van der Waals surface area contributed by atoms with Crippen LogP contribution in [0.15, 0.2) is 102 Å². The second-order valence-electron chi connectivity index (χ2n) is 12.7. The van der Waals surface area contributed by atoms with Crippen molar-refractivity contribution in [3.05, 3.63) is 102 Å². The van der Waals surface area contributed by atoms with Gasteiger partial charge in [-0.05, 0) is 0 Å². The second-order valence-corrected chi connectivity index (χ2v) is 43.2. The minimum absolute atomic E-state index is 0. The van der Waals surface area contributed by atoms with Gasteiger partial charge in [-0.1, -0.05) is 0 Å². The van der Waals surface area contributed by atoms with Gasteiger partial charge in [-0.2, -0.15) is 0 Å². The second kappa shape index (κ2) is 10.7. The van der Waals surface area contributed by atoms with Crippen molar-refractivity contribution in [1.29, 1.82) is 0 Å². The minimum atomic E-state index is -4.35. The fraction of sp³-hybridized carbons (Fsp3) is 0.375. The molecule has 0 radical (unpaired) electrons. The van der Waals surface area contributed by atoms with Gasteiger partial charge in [0.25, 0.3) is 0 Å². The molecule has 0 amide bonds. The monoisotopic (exact) mass is 706 g/mol. The molecule has 0 saturated heterocycles. The molecule has 0 atom stereocenters. The molecule has 0 unspecified atom stereocenters. The van der Waals surface area contributed by atoms with Crippen molar-refractivity contribution in [1.82, 2.24) is 0 Å². The third kappa shape index (κ3) is 4.93. The molecule has 2 aliphatic rings. The number of rotatable bonds is 4. The van der Waals surface area contributed by atoms with Crippen LogP contribution in [0.4, 0.5) is 0 Å². The van der Waals surface area contributed by atoms with E-state index in [1.807, 2.05) is 0 Å². The van der Waals surface area contributed by atoms with Gasteiger partial charge in [0, 0.05) is 0 Å². The molecule has 0 heterocycles. The molecular formula is C32H44Cl2HfSi. The van der Waals surface area contributed by atoms with E-state index in [2.05, 4.69) is 135 Å². The summed E-state index contributed by atoms with van der Waals surface area (Å²) in [6.45, 7) is 21.5. The summed E-state index contributed by atoms with van der Waals surface area (Å²) >= 11 is -4.35. The van der Waals surface area contributed by atoms with Gasteiger partial charge in [0.15, 0.2) is 0 Å². The van der Waals surface area contributed by atoms with Crippen LogP contribution in [0.25, 0.3) is 0 Å². The Balaban J connectivity index is 0.00000228. The number of benzene rings is 2. The van der Waals surface area contributed by atoms with Gasteiger partial charge in [0.2, 0.25) is 0 Å². The van der Waals surface area contributed by atoms with Crippen LogP contribution in [0.3, 0.4) is 0 Å². The van der Waals surface area contributed by atoms with Crippen molar-refractivity contribution >= 4 is 38.4 Å². The van der Waals surface area contributed by atoms with E-state index in [4.69, 9.17) is 0 Å². The summed E-state index contributed by atoms with van der Waals surface area (Å²) in [7, 11) is 0. The predicted molar refractivity (Wildman–Crippen MR) is 165 cm³/mol. The molecule has 36 heavy (non-hydrogen) atoms. The summed E-state index contributed by atoms with van der Waals surface area (Å²) in [5.41, 5.74) is 6.58. The maximum atomic E-state index is 2.54. The predicted octanol–water partition coefficient (Wildman–Crippen LogP) is 8.02. The zero-order valence-corrected chi connectivity index (χ0v) is 30.0. The zero-order chi connectivity index (χ0) is 25.0. The summed E-state index contributed by atoms with van der Waals surface area (Å²) in [6, 6.07) is 23.3. The van der Waals surface area contributed by atoms with Crippen LogP contribution in [0.1, 0.15) is 68.2 Å². The van der Waals surface area contributed by atoms with Crippen LogP contribution < -0.4 is 6.64 Å². The van der Waals surface area contributed by atoms with Crippen LogP contribution in [0, 0.1) is 10.8 Å². The van der Waals surface area contributed by atoms with E-state index in [1.54, 1.807) is 24.4 Å². The number of halogens is 2. The third-order valence-electron chi connectivity index (χ3n) is 8.55. The maximum absolute atomic E-state index is 4.35. The number of allylic oxidation sites excluding steroid dienone is 8. The van der Waals surface area contributed by atoms with Crippen LogP contribution in [0.2, 0.25) is 0 Å². The van der Waals surface area contributed by atoms with Crippen LogP contribution in [-0.2, 0) is 17.1 Å². The first-order valence-corrected chi connectivity index (χ1v) is 28.3. The van der Waals surface area contributed by atoms with E-state index >= 15 is 0 Å². The Labute approximate surface area is 234 Å². The largest absolute Gasteiger partial charge is 0.147 e. The van der Waals surface area contributed by atoms with Crippen LogP contribution in [0.5, 0.6) is 0 Å². The average Bonchev–Trinajstić information content (AvgIpc) is 3.38. The molecule has 194 valence electrons. The van der Waals surface area contributed by atoms with Gasteiger partial charge in [0.1, 0.15) is 0 Å². The molecule has 4 heteroatoms. The molecule has 0 nitrogen and oxygen atoms in total. The average molecular weight is 706 g/mol.